The quantitative estimate of drug-likeness (QED) is 0.842. The van der Waals surface area contributed by atoms with Gasteiger partial charge in [0.2, 0.25) is 15.9 Å². The molecule has 114 valence electrons. The molecule has 1 amide bonds. The molecular formula is C13H16ClN3O3S. The number of nitrogens with zero attached hydrogens (tertiary/aromatic N) is 1. The first-order valence-electron chi connectivity index (χ1n) is 6.74. The summed E-state index contributed by atoms with van der Waals surface area (Å²) in [6, 6.07) is 3.13. The summed E-state index contributed by atoms with van der Waals surface area (Å²) in [5.41, 5.74) is 1.27. The third-order valence-corrected chi connectivity index (χ3v) is 6.06. The van der Waals surface area contributed by atoms with Crippen molar-refractivity contribution in [3.63, 3.8) is 0 Å². The molecule has 0 saturated carbocycles. The van der Waals surface area contributed by atoms with Crippen LogP contribution < -0.4 is 10.6 Å². The van der Waals surface area contributed by atoms with Gasteiger partial charge in [-0.25, -0.2) is 8.42 Å². The smallest absolute Gasteiger partial charge is 0.244 e. The van der Waals surface area contributed by atoms with Crippen molar-refractivity contribution in [2.24, 2.45) is 0 Å². The van der Waals surface area contributed by atoms with Gasteiger partial charge in [0.25, 0.3) is 0 Å². The Kier molecular flexibility index (Phi) is 3.69. The molecule has 2 aliphatic heterocycles. The highest BCUT2D eigenvalue weighted by Crippen LogP contribution is 2.33. The largest absolute Gasteiger partial charge is 0.325 e. The van der Waals surface area contributed by atoms with Crippen LogP contribution in [-0.2, 0) is 21.2 Å². The van der Waals surface area contributed by atoms with Crippen LogP contribution in [0, 0.1) is 0 Å². The molecule has 2 heterocycles. The zero-order valence-corrected chi connectivity index (χ0v) is 13.1. The van der Waals surface area contributed by atoms with Gasteiger partial charge in [-0.3, -0.25) is 4.79 Å². The van der Waals surface area contributed by atoms with Gasteiger partial charge >= 0.3 is 0 Å². The highest BCUT2D eigenvalue weighted by molar-refractivity contribution is 7.89. The first-order chi connectivity index (χ1) is 9.88. The van der Waals surface area contributed by atoms with Gasteiger partial charge in [0.1, 0.15) is 4.90 Å². The molecule has 1 aromatic rings. The van der Waals surface area contributed by atoms with Gasteiger partial charge in [-0.1, -0.05) is 11.6 Å². The van der Waals surface area contributed by atoms with Crippen molar-refractivity contribution in [3.8, 4) is 0 Å². The highest BCUT2D eigenvalue weighted by Gasteiger charge is 2.32. The van der Waals surface area contributed by atoms with Crippen molar-refractivity contribution >= 4 is 33.2 Å². The Morgan fingerprint density at radius 2 is 2.14 bits per heavy atom. The Labute approximate surface area is 128 Å². The lowest BCUT2D eigenvalue weighted by Gasteiger charge is -2.31. The Morgan fingerprint density at radius 3 is 2.86 bits per heavy atom. The van der Waals surface area contributed by atoms with Crippen molar-refractivity contribution < 1.29 is 13.2 Å². The summed E-state index contributed by atoms with van der Waals surface area (Å²) in [5.74, 6) is -0.147. The SMILES string of the molecule is C[C@H]1CN(S(=O)(=O)c2cc3c(cc2Cl)NC(=O)C3)CCN1. The lowest BCUT2D eigenvalue weighted by atomic mass is 10.2. The molecule has 6 nitrogen and oxygen atoms in total. The van der Waals surface area contributed by atoms with E-state index in [4.69, 9.17) is 11.6 Å². The third kappa shape index (κ3) is 2.66. The number of piperazine rings is 1. The number of benzene rings is 1. The number of sulfonamides is 1. The summed E-state index contributed by atoms with van der Waals surface area (Å²) in [5, 5.41) is 6.01. The lowest BCUT2D eigenvalue weighted by molar-refractivity contribution is -0.115. The van der Waals surface area contributed by atoms with E-state index in [1.54, 1.807) is 0 Å². The number of hydrogen-bond acceptors (Lipinski definition) is 4. The van der Waals surface area contributed by atoms with Crippen LogP contribution in [0.25, 0.3) is 0 Å². The minimum Gasteiger partial charge on any atom is -0.325 e. The molecule has 0 unspecified atom stereocenters. The number of hydrogen-bond donors (Lipinski definition) is 2. The Hall–Kier alpha value is -1.15. The predicted octanol–water partition coefficient (Wildman–Crippen LogP) is 0.817. The number of carbonyl (C=O) groups is 1. The number of rotatable bonds is 2. The van der Waals surface area contributed by atoms with Crippen LogP contribution >= 0.6 is 11.6 Å². The average molecular weight is 330 g/mol. The maximum atomic E-state index is 12.7. The van der Waals surface area contributed by atoms with Crippen molar-refractivity contribution in [1.82, 2.24) is 9.62 Å². The maximum absolute atomic E-state index is 12.7. The van der Waals surface area contributed by atoms with Crippen LogP contribution in [0.5, 0.6) is 0 Å². The molecule has 1 aromatic carbocycles. The number of nitrogens with one attached hydrogen (secondary N) is 2. The second-order valence-corrected chi connectivity index (χ2v) is 7.70. The molecule has 0 bridgehead atoms. The first kappa shape index (κ1) is 14.8. The zero-order chi connectivity index (χ0) is 15.2. The van der Waals surface area contributed by atoms with Crippen LogP contribution in [0.3, 0.4) is 0 Å². The number of carbonyl (C=O) groups excluding carboxylic acids is 1. The number of fused-ring (bicyclic) bond motifs is 1. The molecular weight excluding hydrogens is 314 g/mol. The van der Waals surface area contributed by atoms with E-state index >= 15 is 0 Å². The fourth-order valence-corrected chi connectivity index (χ4v) is 4.76. The number of anilines is 1. The fraction of sp³-hybridized carbons (Fsp3) is 0.462. The molecule has 0 radical (unpaired) electrons. The van der Waals surface area contributed by atoms with Gasteiger partial charge in [-0.05, 0) is 24.6 Å². The molecule has 1 saturated heterocycles. The molecule has 8 heteroatoms. The van der Waals surface area contributed by atoms with Crippen LogP contribution in [0.1, 0.15) is 12.5 Å². The lowest BCUT2D eigenvalue weighted by Crippen LogP contribution is -2.51. The fourth-order valence-electron chi connectivity index (χ4n) is 2.68. The summed E-state index contributed by atoms with van der Waals surface area (Å²) in [4.78, 5) is 11.5. The second kappa shape index (κ2) is 5.24. The summed E-state index contributed by atoms with van der Waals surface area (Å²) < 4.78 is 26.9. The van der Waals surface area contributed by atoms with E-state index in [-0.39, 0.29) is 28.3 Å². The average Bonchev–Trinajstić information content (AvgIpc) is 2.76. The van der Waals surface area contributed by atoms with Gasteiger partial charge < -0.3 is 10.6 Å². The molecule has 0 aliphatic carbocycles. The Balaban J connectivity index is 2.00. The Bertz CT molecular complexity index is 705. The van der Waals surface area contributed by atoms with Gasteiger partial charge in [-0.15, -0.1) is 0 Å². The monoisotopic (exact) mass is 329 g/mol. The highest BCUT2D eigenvalue weighted by atomic mass is 35.5. The van der Waals surface area contributed by atoms with E-state index in [1.807, 2.05) is 6.92 Å². The van der Waals surface area contributed by atoms with E-state index in [0.29, 0.717) is 30.9 Å². The maximum Gasteiger partial charge on any atom is 0.244 e. The van der Waals surface area contributed by atoms with Crippen LogP contribution in [0.4, 0.5) is 5.69 Å². The van der Waals surface area contributed by atoms with Crippen molar-refractivity contribution in [2.75, 3.05) is 25.0 Å². The van der Waals surface area contributed by atoms with Crippen molar-refractivity contribution in [3.05, 3.63) is 22.7 Å². The molecule has 2 aliphatic rings. The van der Waals surface area contributed by atoms with E-state index in [9.17, 15) is 13.2 Å². The van der Waals surface area contributed by atoms with E-state index in [1.165, 1.54) is 16.4 Å². The molecule has 3 rings (SSSR count). The van der Waals surface area contributed by atoms with E-state index < -0.39 is 10.0 Å². The number of halogens is 1. The van der Waals surface area contributed by atoms with Crippen LogP contribution in [0.15, 0.2) is 17.0 Å². The van der Waals surface area contributed by atoms with E-state index in [0.717, 1.165) is 0 Å². The normalized spacial score (nSPS) is 23.0. The molecule has 0 spiro atoms. The predicted molar refractivity (Wildman–Crippen MR) is 80.0 cm³/mol. The van der Waals surface area contributed by atoms with Crippen molar-refractivity contribution in [1.29, 1.82) is 0 Å². The van der Waals surface area contributed by atoms with Crippen LogP contribution in [-0.4, -0.2) is 44.3 Å². The van der Waals surface area contributed by atoms with E-state index in [2.05, 4.69) is 10.6 Å². The van der Waals surface area contributed by atoms with Gasteiger partial charge in [0, 0.05) is 31.4 Å². The molecule has 21 heavy (non-hydrogen) atoms. The molecule has 2 N–H and O–H groups in total. The van der Waals surface area contributed by atoms with Gasteiger partial charge in [0.05, 0.1) is 11.4 Å². The Morgan fingerprint density at radius 1 is 1.38 bits per heavy atom. The summed E-state index contributed by atoms with van der Waals surface area (Å²) in [6.45, 7) is 3.38. The molecule has 1 fully saturated rings. The second-order valence-electron chi connectivity index (χ2n) is 5.38. The first-order valence-corrected chi connectivity index (χ1v) is 8.55. The molecule has 1 atom stereocenters. The topological polar surface area (TPSA) is 78.5 Å². The molecule has 0 aromatic heterocycles. The third-order valence-electron chi connectivity index (χ3n) is 3.73. The summed E-state index contributed by atoms with van der Waals surface area (Å²) in [7, 11) is -3.64. The van der Waals surface area contributed by atoms with Gasteiger partial charge in [-0.2, -0.15) is 4.31 Å². The minimum absolute atomic E-state index is 0.0773. The van der Waals surface area contributed by atoms with Crippen molar-refractivity contribution in [2.45, 2.75) is 24.3 Å². The minimum atomic E-state index is -3.64. The van der Waals surface area contributed by atoms with Crippen LogP contribution in [0.2, 0.25) is 5.02 Å². The summed E-state index contributed by atoms with van der Waals surface area (Å²) >= 11 is 6.12. The standard InChI is InChI=1S/C13H16ClN3O3S/c1-8-7-17(3-2-15-8)21(19,20)12-4-9-5-13(18)16-11(9)6-10(12)14/h4,6,8,15H,2-3,5,7H2,1H3,(H,16,18)/t8-/m0/s1. The summed E-state index contributed by atoms with van der Waals surface area (Å²) in [6.07, 6.45) is 0.187. The number of amides is 1. The zero-order valence-electron chi connectivity index (χ0n) is 11.5. The van der Waals surface area contributed by atoms with Gasteiger partial charge in [0.15, 0.2) is 0 Å².